The van der Waals surface area contributed by atoms with E-state index in [0.717, 1.165) is 12.2 Å². The average Bonchev–Trinajstić information content (AvgIpc) is 2.93. The number of hydrogen-bond donors (Lipinski definition) is 0. The highest BCUT2D eigenvalue weighted by Crippen LogP contribution is 2.53. The van der Waals surface area contributed by atoms with E-state index in [4.69, 9.17) is 13.8 Å². The summed E-state index contributed by atoms with van der Waals surface area (Å²) < 4.78 is 33.3. The highest BCUT2D eigenvalue weighted by Gasteiger charge is 2.35. The van der Waals surface area contributed by atoms with Crippen molar-refractivity contribution in [1.29, 1.82) is 0 Å². The largest absolute Gasteiger partial charge is 0.544 e. The molecule has 3 rings (SSSR count). The number of nitrogens with zero attached hydrogens (tertiary/aromatic N) is 1. The molecule has 0 fully saturated rings. The SMILES string of the molecule is CCCCCCCCCCCCOc1ccc(N(C)P(=O)(Oc2ccccc2)Oc2ccccc2)cc1. The molecule has 37 heavy (non-hydrogen) atoms. The second-order valence-corrected chi connectivity index (χ2v) is 11.2. The third-order valence-electron chi connectivity index (χ3n) is 6.27. The molecular weight excluding hydrogens is 481 g/mol. The minimum absolute atomic E-state index is 0.477. The average molecular weight is 524 g/mol. The standard InChI is InChI=1S/C31H42NO4P/c1-3-4-5-6-7-8-9-10-11-18-27-34-29-25-23-28(24-26-29)32(2)37(33,35-30-19-14-12-15-20-30)36-31-21-16-13-17-22-31/h12-17,19-26H,3-11,18,27H2,1-2H3. The highest BCUT2D eigenvalue weighted by molar-refractivity contribution is 7.56. The summed E-state index contributed by atoms with van der Waals surface area (Å²) in [5, 5.41) is 0. The summed E-state index contributed by atoms with van der Waals surface area (Å²) in [7, 11) is -2.03. The molecule has 0 aliphatic heterocycles. The Labute approximate surface area is 223 Å². The first kappa shape index (κ1) is 28.7. The molecule has 3 aromatic rings. The Balaban J connectivity index is 1.49. The zero-order chi connectivity index (χ0) is 26.2. The Bertz CT molecular complexity index is 998. The van der Waals surface area contributed by atoms with E-state index in [1.807, 2.05) is 60.7 Å². The van der Waals surface area contributed by atoms with E-state index in [9.17, 15) is 4.57 Å². The molecule has 0 aliphatic carbocycles. The van der Waals surface area contributed by atoms with Gasteiger partial charge in [-0.05, 0) is 55.0 Å². The maximum absolute atomic E-state index is 14.0. The molecule has 0 radical (unpaired) electrons. The van der Waals surface area contributed by atoms with Crippen molar-refractivity contribution < 1.29 is 18.3 Å². The number of benzene rings is 3. The minimum atomic E-state index is -3.75. The number of anilines is 1. The van der Waals surface area contributed by atoms with Crippen molar-refractivity contribution in [2.75, 3.05) is 18.3 Å². The van der Waals surface area contributed by atoms with Gasteiger partial charge in [-0.3, -0.25) is 4.67 Å². The lowest BCUT2D eigenvalue weighted by Gasteiger charge is -2.28. The van der Waals surface area contributed by atoms with Gasteiger partial charge in [0.2, 0.25) is 0 Å². The lowest BCUT2D eigenvalue weighted by molar-refractivity contribution is 0.304. The van der Waals surface area contributed by atoms with Crippen LogP contribution in [0.3, 0.4) is 0 Å². The van der Waals surface area contributed by atoms with Crippen LogP contribution >= 0.6 is 7.75 Å². The lowest BCUT2D eigenvalue weighted by atomic mass is 10.1. The van der Waals surface area contributed by atoms with Crippen LogP contribution in [-0.4, -0.2) is 13.7 Å². The smallest absolute Gasteiger partial charge is 0.494 e. The molecule has 0 unspecified atom stereocenters. The van der Waals surface area contributed by atoms with Crippen molar-refractivity contribution in [3.63, 3.8) is 0 Å². The van der Waals surface area contributed by atoms with Crippen LogP contribution in [0.1, 0.15) is 71.1 Å². The van der Waals surface area contributed by atoms with Gasteiger partial charge in [-0.2, -0.15) is 0 Å². The van der Waals surface area contributed by atoms with Crippen LogP contribution in [0.15, 0.2) is 84.9 Å². The van der Waals surface area contributed by atoms with Crippen LogP contribution < -0.4 is 18.5 Å². The van der Waals surface area contributed by atoms with Crippen LogP contribution in [0.2, 0.25) is 0 Å². The van der Waals surface area contributed by atoms with Gasteiger partial charge < -0.3 is 13.8 Å². The fourth-order valence-electron chi connectivity index (χ4n) is 4.05. The van der Waals surface area contributed by atoms with E-state index >= 15 is 0 Å². The molecule has 0 spiro atoms. The van der Waals surface area contributed by atoms with E-state index in [2.05, 4.69) is 6.92 Å². The van der Waals surface area contributed by atoms with E-state index in [1.165, 1.54) is 57.8 Å². The first-order valence-electron chi connectivity index (χ1n) is 13.7. The van der Waals surface area contributed by atoms with E-state index in [-0.39, 0.29) is 0 Å². The van der Waals surface area contributed by atoms with Crippen molar-refractivity contribution in [1.82, 2.24) is 0 Å². The second kappa shape index (κ2) is 16.0. The van der Waals surface area contributed by atoms with Gasteiger partial charge in [-0.15, -0.1) is 0 Å². The van der Waals surface area contributed by atoms with E-state index in [1.54, 1.807) is 36.0 Å². The third-order valence-corrected chi connectivity index (χ3v) is 8.12. The molecule has 0 saturated heterocycles. The highest BCUT2D eigenvalue weighted by atomic mass is 31.2. The van der Waals surface area contributed by atoms with Gasteiger partial charge >= 0.3 is 7.75 Å². The van der Waals surface area contributed by atoms with Crippen molar-refractivity contribution >= 4 is 13.4 Å². The maximum Gasteiger partial charge on any atom is 0.544 e. The molecule has 0 amide bonds. The molecule has 0 atom stereocenters. The molecule has 5 nitrogen and oxygen atoms in total. The van der Waals surface area contributed by atoms with Gasteiger partial charge in [0.25, 0.3) is 0 Å². The Kier molecular flexibility index (Phi) is 12.4. The zero-order valence-electron chi connectivity index (χ0n) is 22.4. The zero-order valence-corrected chi connectivity index (χ0v) is 23.3. The molecule has 0 bridgehead atoms. The minimum Gasteiger partial charge on any atom is -0.494 e. The van der Waals surface area contributed by atoms with Gasteiger partial charge in [0.05, 0.1) is 6.61 Å². The molecule has 0 N–H and O–H groups in total. The van der Waals surface area contributed by atoms with Gasteiger partial charge in [0, 0.05) is 12.7 Å². The second-order valence-electron chi connectivity index (χ2n) is 9.33. The third kappa shape index (κ3) is 10.2. The summed E-state index contributed by atoms with van der Waals surface area (Å²) >= 11 is 0. The van der Waals surface area contributed by atoms with Gasteiger partial charge in [0.1, 0.15) is 17.2 Å². The number of rotatable bonds is 18. The monoisotopic (exact) mass is 523 g/mol. The molecule has 3 aromatic carbocycles. The summed E-state index contributed by atoms with van der Waals surface area (Å²) in [5.41, 5.74) is 0.710. The molecule has 0 saturated carbocycles. The predicted molar refractivity (Wildman–Crippen MR) is 154 cm³/mol. The predicted octanol–water partition coefficient (Wildman–Crippen LogP) is 9.69. The topological polar surface area (TPSA) is 48.0 Å². The number of para-hydroxylation sites is 2. The van der Waals surface area contributed by atoms with Crippen molar-refractivity contribution in [3.05, 3.63) is 84.9 Å². The van der Waals surface area contributed by atoms with Crippen LogP contribution in [-0.2, 0) is 4.57 Å². The summed E-state index contributed by atoms with van der Waals surface area (Å²) in [6.07, 6.45) is 13.0. The molecular formula is C31H42NO4P. The molecule has 0 heterocycles. The van der Waals surface area contributed by atoms with Crippen molar-refractivity contribution in [2.45, 2.75) is 71.1 Å². The fraction of sp³-hybridized carbons (Fsp3) is 0.419. The van der Waals surface area contributed by atoms with Crippen LogP contribution in [0.5, 0.6) is 17.2 Å². The first-order chi connectivity index (χ1) is 18.1. The van der Waals surface area contributed by atoms with Crippen molar-refractivity contribution in [3.8, 4) is 17.2 Å². The number of hydrogen-bond acceptors (Lipinski definition) is 4. The van der Waals surface area contributed by atoms with Gasteiger partial charge in [0.15, 0.2) is 0 Å². The maximum atomic E-state index is 14.0. The Morgan fingerprint density at radius 2 is 1.05 bits per heavy atom. The van der Waals surface area contributed by atoms with Crippen LogP contribution in [0.4, 0.5) is 5.69 Å². The molecule has 200 valence electrons. The lowest BCUT2D eigenvalue weighted by Crippen LogP contribution is -2.21. The van der Waals surface area contributed by atoms with Crippen LogP contribution in [0.25, 0.3) is 0 Å². The summed E-state index contributed by atoms with van der Waals surface area (Å²) in [4.78, 5) is 0. The normalized spacial score (nSPS) is 11.2. The molecule has 0 aliphatic rings. The molecule has 6 heteroatoms. The van der Waals surface area contributed by atoms with Gasteiger partial charge in [-0.1, -0.05) is 101 Å². The Hall–Kier alpha value is -2.91. The summed E-state index contributed by atoms with van der Waals surface area (Å²) in [6.45, 7) is 2.97. The number of ether oxygens (including phenoxy) is 1. The Morgan fingerprint density at radius 1 is 0.595 bits per heavy atom. The molecule has 0 aromatic heterocycles. The van der Waals surface area contributed by atoms with Crippen LogP contribution in [0, 0.1) is 0 Å². The first-order valence-corrected chi connectivity index (χ1v) is 15.2. The summed E-state index contributed by atoms with van der Waals surface area (Å²) in [6, 6.07) is 25.7. The number of unbranched alkanes of at least 4 members (excludes halogenated alkanes) is 9. The van der Waals surface area contributed by atoms with Crippen molar-refractivity contribution in [2.24, 2.45) is 0 Å². The van der Waals surface area contributed by atoms with E-state index in [0.29, 0.717) is 23.8 Å². The van der Waals surface area contributed by atoms with Gasteiger partial charge in [-0.25, -0.2) is 4.57 Å². The quantitative estimate of drug-likeness (QED) is 0.123. The van der Waals surface area contributed by atoms with E-state index < -0.39 is 7.75 Å². The summed E-state index contributed by atoms with van der Waals surface area (Å²) in [5.74, 6) is 1.76. The fourth-order valence-corrected chi connectivity index (χ4v) is 5.52. The Morgan fingerprint density at radius 3 is 1.54 bits per heavy atom.